The third-order valence-electron chi connectivity index (χ3n) is 3.02. The van der Waals surface area contributed by atoms with Crippen molar-refractivity contribution >= 4 is 23.2 Å². The van der Waals surface area contributed by atoms with Gasteiger partial charge in [-0.3, -0.25) is 9.59 Å². The molecule has 0 atom stereocenters. The number of halogens is 1. The Hall–Kier alpha value is -2.93. The van der Waals surface area contributed by atoms with Gasteiger partial charge in [0.2, 0.25) is 5.91 Å². The van der Waals surface area contributed by atoms with Gasteiger partial charge >= 0.3 is 0 Å². The summed E-state index contributed by atoms with van der Waals surface area (Å²) in [5, 5.41) is 5.24. The van der Waals surface area contributed by atoms with E-state index in [0.29, 0.717) is 22.7 Å². The molecular weight excluding hydrogens is 301 g/mol. The summed E-state index contributed by atoms with van der Waals surface area (Å²) in [5.74, 6) is -0.763. The molecule has 0 aliphatic rings. The van der Waals surface area contributed by atoms with E-state index in [0.717, 1.165) is 0 Å². The smallest absolute Gasteiger partial charge is 0.255 e. The Labute approximate surface area is 132 Å². The fraction of sp³-hybridized carbons (Fsp3) is 0.125. The van der Waals surface area contributed by atoms with Crippen molar-refractivity contribution in [2.75, 3.05) is 24.3 Å². The van der Waals surface area contributed by atoms with Gasteiger partial charge in [-0.15, -0.1) is 0 Å². The first-order chi connectivity index (χ1) is 11.0. The summed E-state index contributed by atoms with van der Waals surface area (Å²) in [6.07, 6.45) is 0. The maximum absolute atomic E-state index is 12.9. The van der Waals surface area contributed by atoms with Crippen LogP contribution in [0.2, 0.25) is 0 Å². The standard InChI is InChI=1S/C16H16FN3O3/c1-23-14-7-6-12(8-13(14)20-15(21)9-18)19-16(22)10-2-4-11(17)5-3-10/h2-8H,9,18H2,1H3,(H,19,22)(H,20,21). The number of nitrogens with two attached hydrogens (primary N) is 1. The Balaban J connectivity index is 2.19. The van der Waals surface area contributed by atoms with E-state index in [2.05, 4.69) is 10.6 Å². The molecule has 6 nitrogen and oxygen atoms in total. The molecule has 2 amide bonds. The van der Waals surface area contributed by atoms with E-state index < -0.39 is 11.7 Å². The van der Waals surface area contributed by atoms with E-state index in [9.17, 15) is 14.0 Å². The number of hydrogen-bond donors (Lipinski definition) is 3. The van der Waals surface area contributed by atoms with Crippen LogP contribution in [0.15, 0.2) is 42.5 Å². The molecule has 0 saturated heterocycles. The van der Waals surface area contributed by atoms with Crippen molar-refractivity contribution in [2.45, 2.75) is 0 Å². The fourth-order valence-corrected chi connectivity index (χ4v) is 1.89. The van der Waals surface area contributed by atoms with Crippen LogP contribution in [0.4, 0.5) is 15.8 Å². The van der Waals surface area contributed by atoms with Crippen molar-refractivity contribution in [2.24, 2.45) is 5.73 Å². The summed E-state index contributed by atoms with van der Waals surface area (Å²) >= 11 is 0. The molecule has 4 N–H and O–H groups in total. The van der Waals surface area contributed by atoms with Gasteiger partial charge < -0.3 is 21.1 Å². The van der Waals surface area contributed by atoms with Crippen LogP contribution in [-0.4, -0.2) is 25.5 Å². The van der Waals surface area contributed by atoms with Gasteiger partial charge in [0.1, 0.15) is 11.6 Å². The summed E-state index contributed by atoms with van der Waals surface area (Å²) < 4.78 is 18.0. The van der Waals surface area contributed by atoms with E-state index in [1.54, 1.807) is 18.2 Å². The minimum Gasteiger partial charge on any atom is -0.495 e. The minimum absolute atomic E-state index is 0.171. The van der Waals surface area contributed by atoms with E-state index in [4.69, 9.17) is 10.5 Å². The molecule has 0 aliphatic carbocycles. The lowest BCUT2D eigenvalue weighted by atomic mass is 10.2. The Kier molecular flexibility index (Phi) is 5.27. The molecule has 0 bridgehead atoms. The monoisotopic (exact) mass is 317 g/mol. The highest BCUT2D eigenvalue weighted by Crippen LogP contribution is 2.28. The molecule has 0 aromatic heterocycles. The topological polar surface area (TPSA) is 93.5 Å². The van der Waals surface area contributed by atoms with Gasteiger partial charge in [0.05, 0.1) is 19.3 Å². The molecule has 0 heterocycles. The maximum atomic E-state index is 12.9. The van der Waals surface area contributed by atoms with Gasteiger partial charge in [-0.25, -0.2) is 4.39 Å². The van der Waals surface area contributed by atoms with Crippen LogP contribution in [0.3, 0.4) is 0 Å². The van der Waals surface area contributed by atoms with Crippen molar-refractivity contribution in [1.82, 2.24) is 0 Å². The molecule has 2 rings (SSSR count). The highest BCUT2D eigenvalue weighted by atomic mass is 19.1. The number of carbonyl (C=O) groups excluding carboxylic acids is 2. The molecule has 2 aromatic carbocycles. The third kappa shape index (κ3) is 4.27. The molecule has 2 aromatic rings. The van der Waals surface area contributed by atoms with Crippen LogP contribution < -0.4 is 21.1 Å². The van der Waals surface area contributed by atoms with Crippen LogP contribution in [-0.2, 0) is 4.79 Å². The number of hydrogen-bond acceptors (Lipinski definition) is 4. The molecule has 0 unspecified atom stereocenters. The van der Waals surface area contributed by atoms with E-state index >= 15 is 0 Å². The molecule has 0 radical (unpaired) electrons. The van der Waals surface area contributed by atoms with Gasteiger partial charge in [-0.1, -0.05) is 0 Å². The zero-order chi connectivity index (χ0) is 16.8. The Morgan fingerprint density at radius 1 is 1.13 bits per heavy atom. The normalized spacial score (nSPS) is 10.0. The van der Waals surface area contributed by atoms with Crippen LogP contribution >= 0.6 is 0 Å². The SMILES string of the molecule is COc1ccc(NC(=O)c2ccc(F)cc2)cc1NC(=O)CN. The number of ether oxygens (including phenoxy) is 1. The largest absolute Gasteiger partial charge is 0.495 e. The lowest BCUT2D eigenvalue weighted by Gasteiger charge is -2.12. The highest BCUT2D eigenvalue weighted by Gasteiger charge is 2.10. The van der Waals surface area contributed by atoms with Crippen molar-refractivity contribution < 1.29 is 18.7 Å². The van der Waals surface area contributed by atoms with Crippen LogP contribution in [0.5, 0.6) is 5.75 Å². The summed E-state index contributed by atoms with van der Waals surface area (Å²) in [7, 11) is 1.46. The maximum Gasteiger partial charge on any atom is 0.255 e. The van der Waals surface area contributed by atoms with Gasteiger partial charge in [-0.05, 0) is 42.5 Å². The number of benzene rings is 2. The lowest BCUT2D eigenvalue weighted by molar-refractivity contribution is -0.114. The first kappa shape index (κ1) is 16.4. The molecule has 120 valence electrons. The number of nitrogens with one attached hydrogen (secondary N) is 2. The average Bonchev–Trinajstić information content (AvgIpc) is 2.55. The molecule has 0 spiro atoms. The second kappa shape index (κ2) is 7.37. The molecule has 0 aliphatic heterocycles. The van der Waals surface area contributed by atoms with Crippen LogP contribution in [0, 0.1) is 5.82 Å². The Morgan fingerprint density at radius 3 is 2.43 bits per heavy atom. The van der Waals surface area contributed by atoms with Crippen molar-refractivity contribution in [1.29, 1.82) is 0 Å². The lowest BCUT2D eigenvalue weighted by Crippen LogP contribution is -2.22. The third-order valence-corrected chi connectivity index (χ3v) is 3.02. The molecule has 23 heavy (non-hydrogen) atoms. The predicted molar refractivity (Wildman–Crippen MR) is 85.0 cm³/mol. The molecule has 0 fully saturated rings. The van der Waals surface area contributed by atoms with Crippen molar-refractivity contribution in [3.63, 3.8) is 0 Å². The van der Waals surface area contributed by atoms with E-state index in [-0.39, 0.29) is 12.5 Å². The first-order valence-corrected chi connectivity index (χ1v) is 6.78. The summed E-state index contributed by atoms with van der Waals surface area (Å²) in [5.41, 5.74) is 6.42. The van der Waals surface area contributed by atoms with Gasteiger partial charge in [0.15, 0.2) is 0 Å². The molecular formula is C16H16FN3O3. The van der Waals surface area contributed by atoms with E-state index in [1.807, 2.05) is 0 Å². The van der Waals surface area contributed by atoms with Crippen LogP contribution in [0.1, 0.15) is 10.4 Å². The second-order valence-electron chi connectivity index (χ2n) is 4.63. The predicted octanol–water partition coefficient (Wildman–Crippen LogP) is 1.98. The average molecular weight is 317 g/mol. The van der Waals surface area contributed by atoms with E-state index in [1.165, 1.54) is 31.4 Å². The highest BCUT2D eigenvalue weighted by molar-refractivity contribution is 6.05. The number of carbonyl (C=O) groups is 2. The quantitative estimate of drug-likeness (QED) is 0.786. The summed E-state index contributed by atoms with van der Waals surface area (Å²) in [6.45, 7) is -0.171. The first-order valence-electron chi connectivity index (χ1n) is 6.78. The zero-order valence-corrected chi connectivity index (χ0v) is 12.4. The van der Waals surface area contributed by atoms with Gasteiger partial charge in [0.25, 0.3) is 5.91 Å². The van der Waals surface area contributed by atoms with Crippen molar-refractivity contribution in [3.05, 3.63) is 53.8 Å². The zero-order valence-electron chi connectivity index (χ0n) is 12.4. The minimum atomic E-state index is -0.419. The summed E-state index contributed by atoms with van der Waals surface area (Å²) in [4.78, 5) is 23.5. The number of rotatable bonds is 5. The van der Waals surface area contributed by atoms with Gasteiger partial charge in [-0.2, -0.15) is 0 Å². The number of anilines is 2. The Bertz CT molecular complexity index is 717. The molecule has 0 saturated carbocycles. The Morgan fingerprint density at radius 2 is 1.83 bits per heavy atom. The summed E-state index contributed by atoms with van der Waals surface area (Å²) in [6, 6.07) is 9.95. The fourth-order valence-electron chi connectivity index (χ4n) is 1.89. The van der Waals surface area contributed by atoms with Crippen LogP contribution in [0.25, 0.3) is 0 Å². The second-order valence-corrected chi connectivity index (χ2v) is 4.63. The van der Waals surface area contributed by atoms with Crippen molar-refractivity contribution in [3.8, 4) is 5.75 Å². The van der Waals surface area contributed by atoms with Gasteiger partial charge in [0, 0.05) is 11.3 Å². The number of amides is 2. The number of methoxy groups -OCH3 is 1. The molecule has 7 heteroatoms.